The zero-order valence-corrected chi connectivity index (χ0v) is 9.83. The fourth-order valence-electron chi connectivity index (χ4n) is 1.97. The lowest BCUT2D eigenvalue weighted by atomic mass is 10.1. The third kappa shape index (κ3) is 2.86. The summed E-state index contributed by atoms with van der Waals surface area (Å²) in [7, 11) is 0. The van der Waals surface area contributed by atoms with E-state index >= 15 is 0 Å². The first kappa shape index (κ1) is 12.3. The van der Waals surface area contributed by atoms with Gasteiger partial charge in [0.15, 0.2) is 0 Å². The van der Waals surface area contributed by atoms with E-state index in [1.807, 2.05) is 0 Å². The van der Waals surface area contributed by atoms with Crippen molar-refractivity contribution < 1.29 is 5.11 Å². The summed E-state index contributed by atoms with van der Waals surface area (Å²) in [5.41, 5.74) is 2.58. The summed E-state index contributed by atoms with van der Waals surface area (Å²) in [6, 6.07) is 8.60. The van der Waals surface area contributed by atoms with Crippen LogP contribution in [-0.4, -0.2) is 24.8 Å². The minimum Gasteiger partial charge on any atom is -0.396 e. The van der Waals surface area contributed by atoms with Gasteiger partial charge in [0, 0.05) is 31.3 Å². The summed E-state index contributed by atoms with van der Waals surface area (Å²) in [4.78, 5) is 2.35. The molecule has 0 aromatic heterocycles. The summed E-state index contributed by atoms with van der Waals surface area (Å²) < 4.78 is 0. The summed E-state index contributed by atoms with van der Waals surface area (Å²) in [6.07, 6.45) is 1.12. The van der Waals surface area contributed by atoms with E-state index in [4.69, 9.17) is 5.11 Å². The van der Waals surface area contributed by atoms with Gasteiger partial charge in [-0.1, -0.05) is 17.7 Å². The molecule has 1 saturated heterocycles. The molecule has 1 atom stereocenters. The number of nitrogens with zero attached hydrogens (tertiary/aromatic N) is 1. The van der Waals surface area contributed by atoms with E-state index in [0.29, 0.717) is 12.5 Å². The first-order valence-electron chi connectivity index (χ1n) is 5.22. The molecule has 1 aromatic rings. The van der Waals surface area contributed by atoms with Crippen LogP contribution in [0, 0.1) is 12.8 Å². The lowest BCUT2D eigenvalue weighted by Gasteiger charge is -2.18. The molecular formula is C12H18ClNO. The second kappa shape index (κ2) is 5.38. The molecule has 3 heteroatoms. The van der Waals surface area contributed by atoms with Crippen LogP contribution in [0.3, 0.4) is 0 Å². The van der Waals surface area contributed by atoms with Crippen LogP contribution < -0.4 is 4.90 Å². The van der Waals surface area contributed by atoms with Crippen LogP contribution in [0.4, 0.5) is 5.69 Å². The van der Waals surface area contributed by atoms with Gasteiger partial charge in [0.1, 0.15) is 0 Å². The third-order valence-corrected chi connectivity index (χ3v) is 2.94. The van der Waals surface area contributed by atoms with Crippen molar-refractivity contribution in [3.8, 4) is 0 Å². The number of hydrogen-bond donors (Lipinski definition) is 1. The van der Waals surface area contributed by atoms with Crippen LogP contribution in [0.2, 0.25) is 0 Å². The first-order chi connectivity index (χ1) is 6.79. The highest BCUT2D eigenvalue weighted by atomic mass is 35.5. The molecule has 0 aliphatic carbocycles. The molecule has 1 N–H and O–H groups in total. The van der Waals surface area contributed by atoms with Crippen LogP contribution >= 0.6 is 12.4 Å². The van der Waals surface area contributed by atoms with Crippen LogP contribution in [0.5, 0.6) is 0 Å². The molecule has 0 radical (unpaired) electrons. The lowest BCUT2D eigenvalue weighted by molar-refractivity contribution is 0.238. The second-order valence-corrected chi connectivity index (χ2v) is 4.12. The maximum atomic E-state index is 9.05. The zero-order chi connectivity index (χ0) is 9.97. The van der Waals surface area contributed by atoms with E-state index in [2.05, 4.69) is 36.1 Å². The Balaban J connectivity index is 0.00000112. The highest BCUT2D eigenvalue weighted by Crippen LogP contribution is 2.23. The zero-order valence-electron chi connectivity index (χ0n) is 9.02. The fraction of sp³-hybridized carbons (Fsp3) is 0.500. The van der Waals surface area contributed by atoms with E-state index in [1.54, 1.807) is 0 Å². The van der Waals surface area contributed by atoms with Crippen molar-refractivity contribution >= 4 is 18.1 Å². The van der Waals surface area contributed by atoms with Gasteiger partial charge in [-0.15, -0.1) is 12.4 Å². The van der Waals surface area contributed by atoms with E-state index < -0.39 is 0 Å². The van der Waals surface area contributed by atoms with E-state index in [0.717, 1.165) is 19.5 Å². The van der Waals surface area contributed by atoms with Gasteiger partial charge in [0.2, 0.25) is 0 Å². The van der Waals surface area contributed by atoms with Gasteiger partial charge in [0.25, 0.3) is 0 Å². The van der Waals surface area contributed by atoms with Gasteiger partial charge in [-0.25, -0.2) is 0 Å². The number of aryl methyl sites for hydroxylation is 1. The van der Waals surface area contributed by atoms with Crippen molar-refractivity contribution in [2.24, 2.45) is 5.92 Å². The molecule has 1 aromatic carbocycles. The van der Waals surface area contributed by atoms with Crippen LogP contribution in [-0.2, 0) is 0 Å². The number of benzene rings is 1. The van der Waals surface area contributed by atoms with Gasteiger partial charge in [-0.2, -0.15) is 0 Å². The van der Waals surface area contributed by atoms with E-state index in [1.165, 1.54) is 11.3 Å². The monoisotopic (exact) mass is 227 g/mol. The Morgan fingerprint density at radius 3 is 2.53 bits per heavy atom. The Morgan fingerprint density at radius 1 is 1.33 bits per heavy atom. The molecular weight excluding hydrogens is 210 g/mol. The van der Waals surface area contributed by atoms with Crippen LogP contribution in [0.15, 0.2) is 24.3 Å². The van der Waals surface area contributed by atoms with Crippen molar-refractivity contribution in [1.29, 1.82) is 0 Å². The molecule has 2 rings (SSSR count). The molecule has 0 amide bonds. The molecule has 0 spiro atoms. The fourth-order valence-corrected chi connectivity index (χ4v) is 1.97. The Kier molecular flexibility index (Phi) is 4.43. The molecule has 84 valence electrons. The molecule has 1 heterocycles. The highest BCUT2D eigenvalue weighted by Gasteiger charge is 2.21. The number of anilines is 1. The smallest absolute Gasteiger partial charge is 0.0476 e. The molecule has 1 unspecified atom stereocenters. The Labute approximate surface area is 97.3 Å². The number of aliphatic hydroxyl groups is 1. The molecule has 0 saturated carbocycles. The van der Waals surface area contributed by atoms with Crippen molar-refractivity contribution in [3.63, 3.8) is 0 Å². The number of halogens is 1. The van der Waals surface area contributed by atoms with Crippen LogP contribution in [0.25, 0.3) is 0 Å². The third-order valence-electron chi connectivity index (χ3n) is 2.94. The average molecular weight is 228 g/mol. The SMILES string of the molecule is Cc1ccc(N2CCC(CO)C2)cc1.Cl. The van der Waals surface area contributed by atoms with Crippen LogP contribution in [0.1, 0.15) is 12.0 Å². The molecule has 0 bridgehead atoms. The standard InChI is InChI=1S/C12H17NO.ClH/c1-10-2-4-12(5-3-10)13-7-6-11(8-13)9-14;/h2-5,11,14H,6-9H2,1H3;1H. The van der Waals surface area contributed by atoms with E-state index in [9.17, 15) is 0 Å². The average Bonchev–Trinajstić information content (AvgIpc) is 2.67. The predicted molar refractivity (Wildman–Crippen MR) is 65.8 cm³/mol. The maximum Gasteiger partial charge on any atom is 0.0476 e. The largest absolute Gasteiger partial charge is 0.396 e. The number of hydrogen-bond acceptors (Lipinski definition) is 2. The summed E-state index contributed by atoms with van der Waals surface area (Å²) in [6.45, 7) is 4.50. The van der Waals surface area contributed by atoms with Crippen molar-refractivity contribution in [2.75, 3.05) is 24.6 Å². The van der Waals surface area contributed by atoms with Gasteiger partial charge >= 0.3 is 0 Å². The normalized spacial score (nSPS) is 20.1. The first-order valence-corrected chi connectivity index (χ1v) is 5.22. The lowest BCUT2D eigenvalue weighted by Crippen LogP contribution is -2.20. The summed E-state index contributed by atoms with van der Waals surface area (Å²) in [5.74, 6) is 0.469. The van der Waals surface area contributed by atoms with Crippen molar-refractivity contribution in [1.82, 2.24) is 0 Å². The quantitative estimate of drug-likeness (QED) is 0.838. The molecule has 15 heavy (non-hydrogen) atoms. The topological polar surface area (TPSA) is 23.5 Å². The highest BCUT2D eigenvalue weighted by molar-refractivity contribution is 5.85. The molecule has 1 aliphatic heterocycles. The minimum atomic E-state index is 0. The van der Waals surface area contributed by atoms with Gasteiger partial charge in [0.05, 0.1) is 0 Å². The predicted octanol–water partition coefficient (Wildman–Crippen LogP) is 2.24. The van der Waals surface area contributed by atoms with Gasteiger partial charge in [-0.05, 0) is 25.5 Å². The van der Waals surface area contributed by atoms with Gasteiger partial charge < -0.3 is 10.0 Å². The molecule has 2 nitrogen and oxygen atoms in total. The Hall–Kier alpha value is -0.730. The summed E-state index contributed by atoms with van der Waals surface area (Å²) >= 11 is 0. The Morgan fingerprint density at radius 2 is 2.00 bits per heavy atom. The van der Waals surface area contributed by atoms with Crippen molar-refractivity contribution in [3.05, 3.63) is 29.8 Å². The van der Waals surface area contributed by atoms with E-state index in [-0.39, 0.29) is 12.4 Å². The molecule has 1 fully saturated rings. The summed E-state index contributed by atoms with van der Waals surface area (Å²) in [5, 5.41) is 9.05. The minimum absolute atomic E-state index is 0. The second-order valence-electron chi connectivity index (χ2n) is 4.12. The van der Waals surface area contributed by atoms with Gasteiger partial charge in [-0.3, -0.25) is 0 Å². The number of rotatable bonds is 2. The maximum absolute atomic E-state index is 9.05. The van der Waals surface area contributed by atoms with Crippen molar-refractivity contribution in [2.45, 2.75) is 13.3 Å². The number of aliphatic hydroxyl groups excluding tert-OH is 1. The Bertz CT molecular complexity index is 299. The molecule has 1 aliphatic rings.